The number of nitrogens with zero attached hydrogens (tertiary/aromatic N) is 2. The maximum atomic E-state index is 13.4. The first-order valence-electron chi connectivity index (χ1n) is 11.7. The lowest BCUT2D eigenvalue weighted by molar-refractivity contribution is -0.122. The van der Waals surface area contributed by atoms with E-state index in [4.69, 9.17) is 4.74 Å². The molecule has 1 aromatic carbocycles. The van der Waals surface area contributed by atoms with Gasteiger partial charge in [-0.05, 0) is 74.7 Å². The average molecular weight is 481 g/mol. The third-order valence-electron chi connectivity index (χ3n) is 6.19. The predicted molar refractivity (Wildman–Crippen MR) is 130 cm³/mol. The van der Waals surface area contributed by atoms with Crippen molar-refractivity contribution in [2.45, 2.75) is 51.5 Å². The minimum absolute atomic E-state index is 0.0609. The van der Waals surface area contributed by atoms with Crippen LogP contribution in [0.15, 0.2) is 53.4 Å². The molecule has 2 aliphatic rings. The summed E-state index contributed by atoms with van der Waals surface area (Å²) in [5.41, 5.74) is 2.03. The van der Waals surface area contributed by atoms with Crippen LogP contribution in [0.5, 0.6) is 0 Å². The largest absolute Gasteiger partial charge is 0.462 e. The molecule has 3 amide bonds. The highest BCUT2D eigenvalue weighted by Gasteiger charge is 2.44. The van der Waals surface area contributed by atoms with E-state index in [0.29, 0.717) is 29.1 Å². The van der Waals surface area contributed by atoms with E-state index in [9.17, 15) is 19.2 Å². The van der Waals surface area contributed by atoms with Crippen LogP contribution in [-0.4, -0.2) is 47.8 Å². The minimum Gasteiger partial charge on any atom is -0.462 e. The van der Waals surface area contributed by atoms with E-state index in [2.05, 4.69) is 6.08 Å². The number of carbonyl (C=O) groups excluding carboxylic acids is 4. The molecule has 2 aromatic rings. The van der Waals surface area contributed by atoms with Crippen LogP contribution in [0.25, 0.3) is 0 Å². The van der Waals surface area contributed by atoms with Gasteiger partial charge in [0, 0.05) is 6.54 Å². The third kappa shape index (κ3) is 5.12. The maximum absolute atomic E-state index is 13.4. The van der Waals surface area contributed by atoms with Crippen molar-refractivity contribution in [3.63, 3.8) is 0 Å². The summed E-state index contributed by atoms with van der Waals surface area (Å²) in [6.07, 6.45) is 7.25. The number of allylic oxidation sites excluding steroid dienone is 1. The molecule has 34 heavy (non-hydrogen) atoms. The quantitative estimate of drug-likeness (QED) is 0.313. The van der Waals surface area contributed by atoms with Crippen LogP contribution in [0.2, 0.25) is 0 Å². The van der Waals surface area contributed by atoms with Gasteiger partial charge in [0.15, 0.2) is 0 Å². The standard InChI is InChI=1S/C26H28N2O5S/c1-2-33-26(32)19-10-12-20(13-11-19)28-23(29)17-21(24(28)30)27(25(31)22-9-6-16-34-22)15-14-18-7-4-3-5-8-18/h6-7,9-13,16,21H,2-5,8,14-15,17H2,1H3. The summed E-state index contributed by atoms with van der Waals surface area (Å²) in [6, 6.07) is 8.88. The molecule has 2 heterocycles. The molecule has 1 unspecified atom stereocenters. The van der Waals surface area contributed by atoms with E-state index < -0.39 is 17.9 Å². The summed E-state index contributed by atoms with van der Waals surface area (Å²) in [6.45, 7) is 2.38. The van der Waals surface area contributed by atoms with Crippen LogP contribution in [0.1, 0.15) is 65.5 Å². The van der Waals surface area contributed by atoms with E-state index in [1.54, 1.807) is 36.1 Å². The van der Waals surface area contributed by atoms with Crippen LogP contribution >= 0.6 is 11.3 Å². The van der Waals surface area contributed by atoms with Gasteiger partial charge in [-0.2, -0.15) is 0 Å². The van der Waals surface area contributed by atoms with Crippen molar-refractivity contribution >= 4 is 40.7 Å². The molecule has 178 valence electrons. The Bertz CT molecular complexity index is 1090. The molecule has 4 rings (SSSR count). The number of benzene rings is 1. The van der Waals surface area contributed by atoms with Crippen LogP contribution in [0, 0.1) is 0 Å². The molecule has 0 saturated carbocycles. The van der Waals surface area contributed by atoms with Gasteiger partial charge in [-0.3, -0.25) is 14.4 Å². The Morgan fingerprint density at radius 1 is 1.15 bits per heavy atom. The second kappa shape index (κ2) is 10.8. The molecular weight excluding hydrogens is 452 g/mol. The molecule has 0 N–H and O–H groups in total. The van der Waals surface area contributed by atoms with Gasteiger partial charge < -0.3 is 9.64 Å². The fraction of sp³-hybridized carbons (Fsp3) is 0.385. The number of rotatable bonds is 8. The van der Waals surface area contributed by atoms with Gasteiger partial charge in [-0.1, -0.05) is 17.7 Å². The maximum Gasteiger partial charge on any atom is 0.338 e. The number of thiophene rings is 1. The van der Waals surface area contributed by atoms with Crippen LogP contribution in [-0.2, 0) is 14.3 Å². The van der Waals surface area contributed by atoms with Crippen molar-refractivity contribution < 1.29 is 23.9 Å². The summed E-state index contributed by atoms with van der Waals surface area (Å²) in [5, 5.41) is 1.83. The molecule has 1 aliphatic heterocycles. The van der Waals surface area contributed by atoms with E-state index in [-0.39, 0.29) is 24.8 Å². The van der Waals surface area contributed by atoms with Crippen LogP contribution < -0.4 is 4.90 Å². The van der Waals surface area contributed by atoms with Gasteiger partial charge in [0.1, 0.15) is 6.04 Å². The first-order valence-corrected chi connectivity index (χ1v) is 12.5. The van der Waals surface area contributed by atoms with Crippen molar-refractivity contribution in [3.05, 3.63) is 63.9 Å². The van der Waals surface area contributed by atoms with Gasteiger partial charge in [0.05, 0.1) is 29.2 Å². The number of esters is 1. The minimum atomic E-state index is -0.851. The predicted octanol–water partition coefficient (Wildman–Crippen LogP) is 4.59. The van der Waals surface area contributed by atoms with Crippen molar-refractivity contribution in [1.82, 2.24) is 4.90 Å². The number of hydrogen-bond donors (Lipinski definition) is 0. The smallest absolute Gasteiger partial charge is 0.338 e. The lowest BCUT2D eigenvalue weighted by Crippen LogP contribution is -2.46. The lowest BCUT2D eigenvalue weighted by Gasteiger charge is -2.28. The van der Waals surface area contributed by atoms with Crippen molar-refractivity contribution in [2.24, 2.45) is 0 Å². The van der Waals surface area contributed by atoms with Gasteiger partial charge in [-0.25, -0.2) is 9.69 Å². The molecule has 0 spiro atoms. The second-order valence-corrected chi connectivity index (χ2v) is 9.34. The number of amides is 3. The van der Waals surface area contributed by atoms with Gasteiger partial charge >= 0.3 is 5.97 Å². The Kier molecular flexibility index (Phi) is 7.57. The van der Waals surface area contributed by atoms with Crippen LogP contribution in [0.3, 0.4) is 0 Å². The second-order valence-electron chi connectivity index (χ2n) is 8.39. The number of anilines is 1. The van der Waals surface area contributed by atoms with Gasteiger partial charge in [0.2, 0.25) is 5.91 Å². The Hall–Kier alpha value is -3.26. The summed E-state index contributed by atoms with van der Waals surface area (Å²) in [7, 11) is 0. The lowest BCUT2D eigenvalue weighted by atomic mass is 9.97. The highest BCUT2D eigenvalue weighted by Crippen LogP contribution is 2.29. The highest BCUT2D eigenvalue weighted by molar-refractivity contribution is 7.12. The van der Waals surface area contributed by atoms with E-state index in [0.717, 1.165) is 24.2 Å². The molecule has 1 atom stereocenters. The van der Waals surface area contributed by atoms with Crippen molar-refractivity contribution in [1.29, 1.82) is 0 Å². The van der Waals surface area contributed by atoms with Crippen LogP contribution in [0.4, 0.5) is 5.69 Å². The first-order chi connectivity index (χ1) is 16.5. The zero-order chi connectivity index (χ0) is 24.1. The SMILES string of the molecule is CCOC(=O)c1ccc(N2C(=O)CC(N(CCC3=CCCCC3)C(=O)c3cccs3)C2=O)cc1. The molecular formula is C26H28N2O5S. The Morgan fingerprint density at radius 2 is 1.94 bits per heavy atom. The summed E-state index contributed by atoms with van der Waals surface area (Å²) in [5.74, 6) is -1.47. The summed E-state index contributed by atoms with van der Waals surface area (Å²) in [4.78, 5) is 54.8. The van der Waals surface area contributed by atoms with Crippen molar-refractivity contribution in [3.8, 4) is 0 Å². The first kappa shape index (κ1) is 23.9. The van der Waals surface area contributed by atoms with E-state index in [1.807, 2.05) is 5.38 Å². The zero-order valence-corrected chi connectivity index (χ0v) is 20.0. The average Bonchev–Trinajstić information content (AvgIpc) is 3.49. The molecule has 1 saturated heterocycles. The third-order valence-corrected chi connectivity index (χ3v) is 7.05. The fourth-order valence-electron chi connectivity index (χ4n) is 4.43. The number of hydrogen-bond acceptors (Lipinski definition) is 6. The fourth-order valence-corrected chi connectivity index (χ4v) is 5.11. The Labute approximate surface area is 203 Å². The van der Waals surface area contributed by atoms with E-state index >= 15 is 0 Å². The molecule has 1 aromatic heterocycles. The number of ether oxygens (including phenoxy) is 1. The topological polar surface area (TPSA) is 84.0 Å². The molecule has 0 bridgehead atoms. The van der Waals surface area contributed by atoms with Gasteiger partial charge in [0.25, 0.3) is 11.8 Å². The number of imide groups is 1. The molecule has 8 heteroatoms. The normalized spacial score (nSPS) is 18.1. The zero-order valence-electron chi connectivity index (χ0n) is 19.2. The molecule has 7 nitrogen and oxygen atoms in total. The molecule has 1 fully saturated rings. The molecule has 1 aliphatic carbocycles. The molecule has 0 radical (unpaired) electrons. The summed E-state index contributed by atoms with van der Waals surface area (Å²) < 4.78 is 4.99. The Morgan fingerprint density at radius 3 is 2.59 bits per heavy atom. The van der Waals surface area contributed by atoms with E-state index in [1.165, 1.54) is 35.5 Å². The van der Waals surface area contributed by atoms with Gasteiger partial charge in [-0.15, -0.1) is 11.3 Å². The highest BCUT2D eigenvalue weighted by atomic mass is 32.1. The number of carbonyl (C=O) groups is 4. The summed E-state index contributed by atoms with van der Waals surface area (Å²) >= 11 is 1.33. The van der Waals surface area contributed by atoms with Crippen molar-refractivity contribution in [2.75, 3.05) is 18.1 Å². The monoisotopic (exact) mass is 480 g/mol. The Balaban J connectivity index is 1.55.